The number of imidazole rings is 1. The molecule has 0 amide bonds. The smallest absolute Gasteiger partial charge is 0.137 e. The lowest BCUT2D eigenvalue weighted by Crippen LogP contribution is -2.36. The lowest BCUT2D eigenvalue weighted by molar-refractivity contribution is 0.111. The third kappa shape index (κ3) is 3.99. The van der Waals surface area contributed by atoms with Crippen LogP contribution in [0.3, 0.4) is 0 Å². The zero-order valence-corrected chi connectivity index (χ0v) is 14.2. The topological polar surface area (TPSA) is 44.4 Å². The molecule has 2 atom stereocenters. The van der Waals surface area contributed by atoms with Gasteiger partial charge in [0.25, 0.3) is 0 Å². The lowest BCUT2D eigenvalue weighted by Gasteiger charge is -2.25. The molecule has 0 spiro atoms. The summed E-state index contributed by atoms with van der Waals surface area (Å²) in [4.78, 5) is 12.7. The summed E-state index contributed by atoms with van der Waals surface area (Å²) in [6.07, 6.45) is 3.42. The molecule has 3 rings (SSSR count). The SMILES string of the molecule is CO[C@H]1C[C@@H](CN(C)Cc2cnc(-c3ccccc3)[nH]2)N(C)C1. The summed E-state index contributed by atoms with van der Waals surface area (Å²) >= 11 is 0. The first-order chi connectivity index (χ1) is 11.2. The summed E-state index contributed by atoms with van der Waals surface area (Å²) in [5, 5.41) is 0. The van der Waals surface area contributed by atoms with E-state index in [4.69, 9.17) is 4.74 Å². The van der Waals surface area contributed by atoms with Gasteiger partial charge in [-0.25, -0.2) is 4.98 Å². The van der Waals surface area contributed by atoms with Crippen LogP contribution in [0.2, 0.25) is 0 Å². The van der Waals surface area contributed by atoms with Gasteiger partial charge in [-0.05, 0) is 20.5 Å². The van der Waals surface area contributed by atoms with E-state index < -0.39 is 0 Å². The number of ether oxygens (including phenoxy) is 1. The first-order valence-electron chi connectivity index (χ1n) is 8.16. The predicted molar refractivity (Wildman–Crippen MR) is 92.2 cm³/mol. The van der Waals surface area contributed by atoms with Crippen molar-refractivity contribution in [2.24, 2.45) is 0 Å². The van der Waals surface area contributed by atoms with Crippen molar-refractivity contribution in [2.75, 3.05) is 34.3 Å². The number of methoxy groups -OCH3 is 1. The molecule has 5 heteroatoms. The highest BCUT2D eigenvalue weighted by Gasteiger charge is 2.29. The minimum Gasteiger partial charge on any atom is -0.380 e. The normalized spacial score (nSPS) is 22.1. The van der Waals surface area contributed by atoms with Crippen molar-refractivity contribution in [3.05, 3.63) is 42.2 Å². The van der Waals surface area contributed by atoms with Crippen LogP contribution in [0.4, 0.5) is 0 Å². The molecule has 0 bridgehead atoms. The van der Waals surface area contributed by atoms with Gasteiger partial charge in [-0.15, -0.1) is 0 Å². The van der Waals surface area contributed by atoms with Crippen LogP contribution in [-0.4, -0.2) is 66.2 Å². The zero-order valence-electron chi connectivity index (χ0n) is 14.2. The average Bonchev–Trinajstić information content (AvgIpc) is 3.15. The summed E-state index contributed by atoms with van der Waals surface area (Å²) in [7, 11) is 6.15. The molecule has 2 heterocycles. The number of H-pyrrole nitrogens is 1. The van der Waals surface area contributed by atoms with Gasteiger partial charge < -0.3 is 9.72 Å². The molecule has 124 valence electrons. The maximum Gasteiger partial charge on any atom is 0.137 e. The van der Waals surface area contributed by atoms with E-state index in [2.05, 4.69) is 46.0 Å². The average molecular weight is 314 g/mol. The number of nitrogens with one attached hydrogen (secondary N) is 1. The second-order valence-electron chi connectivity index (χ2n) is 6.51. The van der Waals surface area contributed by atoms with Gasteiger partial charge in [-0.1, -0.05) is 30.3 Å². The van der Waals surface area contributed by atoms with Gasteiger partial charge in [0.2, 0.25) is 0 Å². The second-order valence-corrected chi connectivity index (χ2v) is 6.51. The molecule has 1 aliphatic rings. The number of nitrogens with zero attached hydrogens (tertiary/aromatic N) is 3. The summed E-state index contributed by atoms with van der Waals surface area (Å²) < 4.78 is 5.49. The van der Waals surface area contributed by atoms with E-state index in [1.54, 1.807) is 7.11 Å². The minimum absolute atomic E-state index is 0.371. The van der Waals surface area contributed by atoms with E-state index >= 15 is 0 Å². The van der Waals surface area contributed by atoms with E-state index in [1.807, 2.05) is 24.4 Å². The van der Waals surface area contributed by atoms with Gasteiger partial charge in [0, 0.05) is 50.2 Å². The van der Waals surface area contributed by atoms with Crippen molar-refractivity contribution in [3.8, 4) is 11.4 Å². The van der Waals surface area contributed by atoms with Gasteiger partial charge in [0.1, 0.15) is 5.82 Å². The lowest BCUT2D eigenvalue weighted by atomic mass is 10.2. The molecule has 2 aromatic rings. The number of rotatable bonds is 6. The van der Waals surface area contributed by atoms with E-state index in [0.717, 1.165) is 43.1 Å². The van der Waals surface area contributed by atoms with Gasteiger partial charge in [-0.3, -0.25) is 9.80 Å². The Morgan fingerprint density at radius 2 is 2.13 bits per heavy atom. The highest BCUT2D eigenvalue weighted by atomic mass is 16.5. The van der Waals surface area contributed by atoms with Crippen molar-refractivity contribution in [1.29, 1.82) is 0 Å². The van der Waals surface area contributed by atoms with Crippen LogP contribution in [0, 0.1) is 0 Å². The Morgan fingerprint density at radius 3 is 2.83 bits per heavy atom. The predicted octanol–water partition coefficient (Wildman–Crippen LogP) is 2.23. The molecule has 1 N–H and O–H groups in total. The van der Waals surface area contributed by atoms with Crippen molar-refractivity contribution in [3.63, 3.8) is 0 Å². The van der Waals surface area contributed by atoms with Crippen LogP contribution in [0.1, 0.15) is 12.1 Å². The van der Waals surface area contributed by atoms with Gasteiger partial charge in [0.15, 0.2) is 0 Å². The zero-order chi connectivity index (χ0) is 16.2. The molecule has 1 fully saturated rings. The van der Waals surface area contributed by atoms with E-state index in [9.17, 15) is 0 Å². The number of aromatic amines is 1. The van der Waals surface area contributed by atoms with Gasteiger partial charge >= 0.3 is 0 Å². The van der Waals surface area contributed by atoms with Crippen LogP contribution in [0.15, 0.2) is 36.5 Å². The fourth-order valence-electron chi connectivity index (χ4n) is 3.31. The van der Waals surface area contributed by atoms with Crippen molar-refractivity contribution >= 4 is 0 Å². The van der Waals surface area contributed by atoms with Crippen LogP contribution in [0.5, 0.6) is 0 Å². The fourth-order valence-corrected chi connectivity index (χ4v) is 3.31. The van der Waals surface area contributed by atoms with Crippen molar-refractivity contribution in [1.82, 2.24) is 19.8 Å². The standard InChI is InChI=1S/C18H26N4O/c1-21(12-16-9-17(23-3)13-22(16)2)11-15-10-19-18(20-15)14-7-5-4-6-8-14/h4-8,10,16-17H,9,11-13H2,1-3H3,(H,19,20)/t16-,17-/m0/s1. The van der Waals surface area contributed by atoms with Crippen LogP contribution >= 0.6 is 0 Å². The highest BCUT2D eigenvalue weighted by molar-refractivity contribution is 5.54. The molecule has 0 radical (unpaired) electrons. The minimum atomic E-state index is 0.371. The third-order valence-electron chi connectivity index (χ3n) is 4.62. The van der Waals surface area contributed by atoms with Gasteiger partial charge in [-0.2, -0.15) is 0 Å². The molecule has 0 unspecified atom stereocenters. The van der Waals surface area contributed by atoms with E-state index in [0.29, 0.717) is 12.1 Å². The van der Waals surface area contributed by atoms with Crippen molar-refractivity contribution in [2.45, 2.75) is 25.1 Å². The molecule has 1 aliphatic heterocycles. The van der Waals surface area contributed by atoms with Crippen LogP contribution < -0.4 is 0 Å². The van der Waals surface area contributed by atoms with Gasteiger partial charge in [0.05, 0.1) is 6.10 Å². The molecule has 1 saturated heterocycles. The Labute approximate surface area is 138 Å². The Bertz CT molecular complexity index is 612. The molecular weight excluding hydrogens is 288 g/mol. The molecule has 0 saturated carbocycles. The summed E-state index contributed by atoms with van der Waals surface area (Å²) in [6, 6.07) is 10.8. The first-order valence-corrected chi connectivity index (χ1v) is 8.16. The summed E-state index contributed by atoms with van der Waals surface area (Å²) in [5.74, 6) is 0.937. The summed E-state index contributed by atoms with van der Waals surface area (Å²) in [6.45, 7) is 2.94. The molecule has 1 aromatic carbocycles. The van der Waals surface area contributed by atoms with Crippen LogP contribution in [0.25, 0.3) is 11.4 Å². The number of likely N-dealkylation sites (tertiary alicyclic amines) is 1. The largest absolute Gasteiger partial charge is 0.380 e. The number of hydrogen-bond donors (Lipinski definition) is 1. The Hall–Kier alpha value is -1.69. The monoisotopic (exact) mass is 314 g/mol. The Morgan fingerprint density at radius 1 is 1.35 bits per heavy atom. The first kappa shape index (κ1) is 16.2. The van der Waals surface area contributed by atoms with E-state index in [-0.39, 0.29) is 0 Å². The molecule has 1 aromatic heterocycles. The molecule has 23 heavy (non-hydrogen) atoms. The Balaban J connectivity index is 1.56. The van der Waals surface area contributed by atoms with Crippen molar-refractivity contribution < 1.29 is 4.74 Å². The maximum atomic E-state index is 5.49. The second kappa shape index (κ2) is 7.25. The number of benzene rings is 1. The number of aromatic nitrogens is 2. The fraction of sp³-hybridized carbons (Fsp3) is 0.500. The maximum absolute atomic E-state index is 5.49. The molecule has 0 aliphatic carbocycles. The highest BCUT2D eigenvalue weighted by Crippen LogP contribution is 2.20. The van der Waals surface area contributed by atoms with E-state index in [1.165, 1.54) is 0 Å². The number of hydrogen-bond acceptors (Lipinski definition) is 4. The summed E-state index contributed by atoms with van der Waals surface area (Å²) in [5.41, 5.74) is 2.27. The number of likely N-dealkylation sites (N-methyl/N-ethyl adjacent to an activating group) is 2. The third-order valence-corrected chi connectivity index (χ3v) is 4.62. The molecule has 5 nitrogen and oxygen atoms in total. The molecular formula is C18H26N4O. The Kier molecular flexibility index (Phi) is 5.10. The van der Waals surface area contributed by atoms with Crippen LogP contribution in [-0.2, 0) is 11.3 Å². The quantitative estimate of drug-likeness (QED) is 0.888.